The van der Waals surface area contributed by atoms with Crippen LogP contribution in [-0.4, -0.2) is 17.5 Å². The van der Waals surface area contributed by atoms with Gasteiger partial charge in [0.15, 0.2) is 0 Å². The lowest BCUT2D eigenvalue weighted by Gasteiger charge is -2.10. The zero-order valence-electron chi connectivity index (χ0n) is 12.0. The van der Waals surface area contributed by atoms with Crippen molar-refractivity contribution >= 4 is 11.6 Å². The normalized spacial score (nSPS) is 10.5. The smallest absolute Gasteiger partial charge is 0.257 e. The molecular formula is C16H17FN2O2. The molecule has 0 aliphatic carbocycles. The zero-order chi connectivity index (χ0) is 15.2. The third kappa shape index (κ3) is 4.56. The second-order valence-corrected chi connectivity index (χ2v) is 5.06. The van der Waals surface area contributed by atoms with Crippen LogP contribution in [0.15, 0.2) is 42.6 Å². The number of hydrogen-bond donors (Lipinski definition) is 1. The number of pyridine rings is 1. The van der Waals surface area contributed by atoms with E-state index in [0.29, 0.717) is 29.5 Å². The lowest BCUT2D eigenvalue weighted by Crippen LogP contribution is -2.12. The summed E-state index contributed by atoms with van der Waals surface area (Å²) in [6, 6.07) is 9.67. The van der Waals surface area contributed by atoms with Gasteiger partial charge in [-0.1, -0.05) is 19.9 Å². The van der Waals surface area contributed by atoms with Crippen LogP contribution in [-0.2, 0) is 0 Å². The fraction of sp³-hybridized carbons (Fsp3) is 0.250. The van der Waals surface area contributed by atoms with Gasteiger partial charge < -0.3 is 10.1 Å². The number of nitrogens with one attached hydrogen (secondary N) is 1. The first-order chi connectivity index (χ1) is 10.0. The summed E-state index contributed by atoms with van der Waals surface area (Å²) in [5, 5.41) is 2.72. The van der Waals surface area contributed by atoms with E-state index in [0.717, 1.165) is 6.07 Å². The van der Waals surface area contributed by atoms with Crippen LogP contribution >= 0.6 is 0 Å². The number of amides is 1. The van der Waals surface area contributed by atoms with Crippen LogP contribution in [0.25, 0.3) is 0 Å². The summed E-state index contributed by atoms with van der Waals surface area (Å²) in [6.07, 6.45) is 1.20. The number of ether oxygens (including phenoxy) is 1. The molecule has 110 valence electrons. The Morgan fingerprint density at radius 1 is 1.33 bits per heavy atom. The summed E-state index contributed by atoms with van der Waals surface area (Å²) in [6.45, 7) is 4.74. The maximum atomic E-state index is 12.7. The zero-order valence-corrected chi connectivity index (χ0v) is 12.0. The van der Waals surface area contributed by atoms with Crippen molar-refractivity contribution < 1.29 is 13.9 Å². The van der Waals surface area contributed by atoms with Crippen molar-refractivity contribution in [3.05, 3.63) is 54.1 Å². The van der Waals surface area contributed by atoms with Crippen molar-refractivity contribution in [3.63, 3.8) is 0 Å². The molecule has 0 unspecified atom stereocenters. The van der Waals surface area contributed by atoms with E-state index >= 15 is 0 Å². The number of aromatic nitrogens is 1. The van der Waals surface area contributed by atoms with Gasteiger partial charge >= 0.3 is 0 Å². The molecule has 1 N–H and O–H groups in total. The van der Waals surface area contributed by atoms with E-state index in [1.54, 1.807) is 18.2 Å². The van der Waals surface area contributed by atoms with E-state index in [2.05, 4.69) is 24.1 Å². The molecule has 1 heterocycles. The molecular weight excluding hydrogens is 271 g/mol. The summed E-state index contributed by atoms with van der Waals surface area (Å²) in [4.78, 5) is 15.4. The lowest BCUT2D eigenvalue weighted by atomic mass is 10.2. The van der Waals surface area contributed by atoms with Crippen LogP contribution in [0.5, 0.6) is 5.75 Å². The highest BCUT2D eigenvalue weighted by atomic mass is 19.1. The largest absolute Gasteiger partial charge is 0.493 e. The molecule has 0 fully saturated rings. The molecule has 0 bridgehead atoms. The third-order valence-electron chi connectivity index (χ3n) is 2.66. The Kier molecular flexibility index (Phi) is 4.87. The SMILES string of the molecule is CC(C)COc1cccc(NC(=O)c2ccc(F)nc2)c1. The molecule has 0 radical (unpaired) electrons. The maximum Gasteiger partial charge on any atom is 0.257 e. The lowest BCUT2D eigenvalue weighted by molar-refractivity contribution is 0.102. The predicted molar refractivity (Wildman–Crippen MR) is 78.9 cm³/mol. The monoisotopic (exact) mass is 288 g/mol. The van der Waals surface area contributed by atoms with E-state index in [9.17, 15) is 9.18 Å². The number of nitrogens with zero attached hydrogens (tertiary/aromatic N) is 1. The van der Waals surface area contributed by atoms with E-state index in [1.807, 2.05) is 6.07 Å². The van der Waals surface area contributed by atoms with Crippen LogP contribution in [0.1, 0.15) is 24.2 Å². The van der Waals surface area contributed by atoms with Gasteiger partial charge in [-0.05, 0) is 30.2 Å². The molecule has 1 aromatic heterocycles. The van der Waals surface area contributed by atoms with Gasteiger partial charge in [0.05, 0.1) is 12.2 Å². The van der Waals surface area contributed by atoms with E-state index in [1.165, 1.54) is 12.3 Å². The number of hydrogen-bond acceptors (Lipinski definition) is 3. The first-order valence-electron chi connectivity index (χ1n) is 6.70. The molecule has 21 heavy (non-hydrogen) atoms. The van der Waals surface area contributed by atoms with Gasteiger partial charge in [0.1, 0.15) is 5.75 Å². The Morgan fingerprint density at radius 2 is 2.14 bits per heavy atom. The second kappa shape index (κ2) is 6.83. The summed E-state index contributed by atoms with van der Waals surface area (Å²) < 4.78 is 18.3. The highest BCUT2D eigenvalue weighted by Crippen LogP contribution is 2.18. The molecule has 0 aliphatic heterocycles. The molecule has 0 saturated heterocycles. The average molecular weight is 288 g/mol. The number of carbonyl (C=O) groups excluding carboxylic acids is 1. The van der Waals surface area contributed by atoms with Crippen LogP contribution in [0.4, 0.5) is 10.1 Å². The molecule has 0 aliphatic rings. The minimum absolute atomic E-state index is 0.296. The van der Waals surface area contributed by atoms with Gasteiger partial charge in [-0.15, -0.1) is 0 Å². The molecule has 1 amide bonds. The molecule has 2 aromatic rings. The second-order valence-electron chi connectivity index (χ2n) is 5.06. The van der Waals surface area contributed by atoms with Crippen LogP contribution in [0.3, 0.4) is 0 Å². The number of halogens is 1. The van der Waals surface area contributed by atoms with Crippen LogP contribution < -0.4 is 10.1 Å². The van der Waals surface area contributed by atoms with Crippen LogP contribution in [0.2, 0.25) is 0 Å². The minimum Gasteiger partial charge on any atom is -0.493 e. The van der Waals surface area contributed by atoms with Gasteiger partial charge in [0.25, 0.3) is 5.91 Å². The topological polar surface area (TPSA) is 51.2 Å². The van der Waals surface area contributed by atoms with Gasteiger partial charge in [0.2, 0.25) is 5.95 Å². The quantitative estimate of drug-likeness (QED) is 0.857. The van der Waals surface area contributed by atoms with Gasteiger partial charge in [-0.3, -0.25) is 4.79 Å². The van der Waals surface area contributed by atoms with Gasteiger partial charge in [-0.2, -0.15) is 4.39 Å². The standard InChI is InChI=1S/C16H17FN2O2/c1-11(2)10-21-14-5-3-4-13(8-14)19-16(20)12-6-7-15(17)18-9-12/h3-9,11H,10H2,1-2H3,(H,19,20). The number of carbonyl (C=O) groups is 1. The number of anilines is 1. The van der Waals surface area contributed by atoms with Crippen molar-refractivity contribution in [3.8, 4) is 5.75 Å². The van der Waals surface area contributed by atoms with E-state index in [4.69, 9.17) is 4.74 Å². The fourth-order valence-corrected chi connectivity index (χ4v) is 1.64. The minimum atomic E-state index is -0.615. The number of benzene rings is 1. The first kappa shape index (κ1) is 15.0. The van der Waals surface area contributed by atoms with Crippen molar-refractivity contribution in [2.24, 2.45) is 5.92 Å². The third-order valence-corrected chi connectivity index (χ3v) is 2.66. The molecule has 0 spiro atoms. The Labute approximate surface area is 123 Å². The molecule has 1 aromatic carbocycles. The molecule has 5 heteroatoms. The van der Waals surface area contributed by atoms with Crippen LogP contribution in [0, 0.1) is 11.9 Å². The van der Waals surface area contributed by atoms with Crippen molar-refractivity contribution in [2.45, 2.75) is 13.8 Å². The maximum absolute atomic E-state index is 12.7. The number of rotatable bonds is 5. The first-order valence-corrected chi connectivity index (χ1v) is 6.70. The molecule has 0 atom stereocenters. The Bertz CT molecular complexity index is 612. The van der Waals surface area contributed by atoms with Crippen molar-refractivity contribution in [2.75, 3.05) is 11.9 Å². The summed E-state index contributed by atoms with van der Waals surface area (Å²) in [5.41, 5.74) is 0.912. The van der Waals surface area contributed by atoms with Crippen molar-refractivity contribution in [1.82, 2.24) is 4.98 Å². The predicted octanol–water partition coefficient (Wildman–Crippen LogP) is 3.51. The van der Waals surface area contributed by atoms with Gasteiger partial charge in [0, 0.05) is 18.0 Å². The summed E-state index contributed by atoms with van der Waals surface area (Å²) in [5.74, 6) is 0.159. The fourth-order valence-electron chi connectivity index (χ4n) is 1.64. The summed E-state index contributed by atoms with van der Waals surface area (Å²) >= 11 is 0. The highest BCUT2D eigenvalue weighted by Gasteiger charge is 2.07. The van der Waals surface area contributed by atoms with E-state index in [-0.39, 0.29) is 5.91 Å². The molecule has 0 saturated carbocycles. The highest BCUT2D eigenvalue weighted by molar-refractivity contribution is 6.04. The van der Waals surface area contributed by atoms with Gasteiger partial charge in [-0.25, -0.2) is 4.98 Å². The summed E-state index contributed by atoms with van der Waals surface area (Å²) in [7, 11) is 0. The molecule has 4 nitrogen and oxygen atoms in total. The Morgan fingerprint density at radius 3 is 2.81 bits per heavy atom. The van der Waals surface area contributed by atoms with E-state index < -0.39 is 5.95 Å². The van der Waals surface area contributed by atoms with Crippen molar-refractivity contribution in [1.29, 1.82) is 0 Å². The Hall–Kier alpha value is -2.43. The molecule has 2 rings (SSSR count). The Balaban J connectivity index is 2.03. The average Bonchev–Trinajstić information content (AvgIpc) is 2.46.